The maximum absolute atomic E-state index is 4.43. The average molecular weight is 251 g/mol. The second-order valence-electron chi connectivity index (χ2n) is 4.35. The minimum Gasteiger partial charge on any atom is -0.257 e. The fourth-order valence-electron chi connectivity index (χ4n) is 1.89. The molecule has 1 aromatic carbocycles. The summed E-state index contributed by atoms with van der Waals surface area (Å²) in [7, 11) is 0. The molecule has 0 saturated heterocycles. The van der Waals surface area contributed by atoms with Crippen LogP contribution in [0.1, 0.15) is 16.8 Å². The average Bonchev–Trinajstić information content (AvgIpc) is 2.86. The molecular formula is C14H13N5. The first kappa shape index (κ1) is 11.5. The maximum atomic E-state index is 4.43. The Morgan fingerprint density at radius 2 is 1.89 bits per heavy atom. The Morgan fingerprint density at radius 1 is 1.11 bits per heavy atom. The number of fused-ring (bicyclic) bond motifs is 1. The second-order valence-corrected chi connectivity index (χ2v) is 4.35. The van der Waals surface area contributed by atoms with E-state index in [4.69, 9.17) is 0 Å². The molecule has 0 spiro atoms. The lowest BCUT2D eigenvalue weighted by atomic mass is 10.2. The van der Waals surface area contributed by atoms with Gasteiger partial charge in [0.2, 0.25) is 0 Å². The summed E-state index contributed by atoms with van der Waals surface area (Å²) in [5, 5.41) is 16.1. The van der Waals surface area contributed by atoms with Crippen LogP contribution >= 0.6 is 0 Å². The summed E-state index contributed by atoms with van der Waals surface area (Å²) >= 11 is 0. The second kappa shape index (κ2) is 4.61. The zero-order chi connectivity index (χ0) is 13.2. The normalized spacial score (nSPS) is 11.5. The number of rotatable bonds is 2. The van der Waals surface area contributed by atoms with Gasteiger partial charge in [0.05, 0.1) is 11.1 Å². The van der Waals surface area contributed by atoms with Crippen LogP contribution in [0.25, 0.3) is 11.0 Å². The molecule has 0 fully saturated rings. The number of aromatic amines is 1. The summed E-state index contributed by atoms with van der Waals surface area (Å²) < 4.78 is 0. The van der Waals surface area contributed by atoms with Crippen molar-refractivity contribution in [2.75, 3.05) is 0 Å². The van der Waals surface area contributed by atoms with Crippen molar-refractivity contribution in [1.82, 2.24) is 20.4 Å². The first-order chi connectivity index (χ1) is 9.25. The zero-order valence-corrected chi connectivity index (χ0v) is 10.8. The van der Waals surface area contributed by atoms with E-state index in [2.05, 4.69) is 25.4 Å². The van der Waals surface area contributed by atoms with Gasteiger partial charge in [-0.1, -0.05) is 30.3 Å². The van der Waals surface area contributed by atoms with Crippen LogP contribution in [0.4, 0.5) is 5.82 Å². The number of H-pyrrole nitrogens is 1. The number of aryl methyl sites for hydroxylation is 2. The summed E-state index contributed by atoms with van der Waals surface area (Å²) in [6.07, 6.45) is 1.80. The van der Waals surface area contributed by atoms with Crippen molar-refractivity contribution in [3.8, 4) is 0 Å². The lowest BCUT2D eigenvalue weighted by molar-refractivity contribution is 0.975. The van der Waals surface area contributed by atoms with Gasteiger partial charge in [0.15, 0.2) is 11.5 Å². The Kier molecular flexibility index (Phi) is 2.79. The number of aliphatic imine (C=N–C) groups is 1. The number of nitrogens with one attached hydrogen (secondary N) is 1. The standard InChI is InChI=1S/C14H13N5/c1-9-10(2)16-18-14-12(9)13(17-19-14)15-8-11-6-4-3-5-7-11/h3-8H,1-2H3,(H,17,18,19). The molecule has 0 amide bonds. The van der Waals surface area contributed by atoms with Gasteiger partial charge in [-0.3, -0.25) is 5.10 Å². The molecule has 0 atom stereocenters. The fourth-order valence-corrected chi connectivity index (χ4v) is 1.89. The van der Waals surface area contributed by atoms with E-state index in [0.717, 1.165) is 22.2 Å². The summed E-state index contributed by atoms with van der Waals surface area (Å²) in [5.41, 5.74) is 3.65. The number of hydrogen-bond donors (Lipinski definition) is 1. The van der Waals surface area contributed by atoms with Crippen LogP contribution < -0.4 is 0 Å². The molecule has 0 aliphatic heterocycles. The van der Waals surface area contributed by atoms with Crippen molar-refractivity contribution < 1.29 is 0 Å². The van der Waals surface area contributed by atoms with Crippen molar-refractivity contribution in [3.05, 3.63) is 47.2 Å². The zero-order valence-electron chi connectivity index (χ0n) is 10.8. The van der Waals surface area contributed by atoms with Gasteiger partial charge in [-0.25, -0.2) is 4.99 Å². The predicted octanol–water partition coefficient (Wildman–Crippen LogP) is 2.72. The van der Waals surface area contributed by atoms with Gasteiger partial charge in [0.1, 0.15) is 0 Å². The van der Waals surface area contributed by atoms with Gasteiger partial charge in [-0.2, -0.15) is 10.2 Å². The van der Waals surface area contributed by atoms with Crippen molar-refractivity contribution >= 4 is 23.1 Å². The summed E-state index contributed by atoms with van der Waals surface area (Å²) in [5.74, 6) is 0.648. The van der Waals surface area contributed by atoms with Gasteiger partial charge in [0, 0.05) is 6.21 Å². The molecule has 3 rings (SSSR count). The SMILES string of the molecule is Cc1nnc2[nH]nc(N=Cc3ccccc3)c2c1C. The first-order valence-corrected chi connectivity index (χ1v) is 6.03. The molecule has 0 bridgehead atoms. The van der Waals surface area contributed by atoms with Crippen LogP contribution in [0.3, 0.4) is 0 Å². The Labute approximate surface area is 110 Å². The van der Waals surface area contributed by atoms with E-state index in [1.165, 1.54) is 0 Å². The lowest BCUT2D eigenvalue weighted by Gasteiger charge is -1.98. The quantitative estimate of drug-likeness (QED) is 0.712. The molecule has 0 aliphatic rings. The third-order valence-electron chi connectivity index (χ3n) is 3.08. The fraction of sp³-hybridized carbons (Fsp3) is 0.143. The number of benzene rings is 1. The Hall–Kier alpha value is -2.56. The smallest absolute Gasteiger partial charge is 0.183 e. The highest BCUT2D eigenvalue weighted by molar-refractivity contribution is 5.92. The van der Waals surface area contributed by atoms with Crippen LogP contribution in [-0.2, 0) is 0 Å². The largest absolute Gasteiger partial charge is 0.257 e. The number of aromatic nitrogens is 4. The van der Waals surface area contributed by atoms with E-state index in [1.54, 1.807) is 6.21 Å². The van der Waals surface area contributed by atoms with Crippen molar-refractivity contribution in [3.63, 3.8) is 0 Å². The minimum atomic E-state index is 0.648. The Morgan fingerprint density at radius 3 is 2.68 bits per heavy atom. The maximum Gasteiger partial charge on any atom is 0.183 e. The summed E-state index contributed by atoms with van der Waals surface area (Å²) in [4.78, 5) is 4.43. The van der Waals surface area contributed by atoms with Crippen molar-refractivity contribution in [1.29, 1.82) is 0 Å². The Balaban J connectivity index is 2.07. The van der Waals surface area contributed by atoms with Crippen LogP contribution in [-0.4, -0.2) is 26.6 Å². The van der Waals surface area contributed by atoms with Gasteiger partial charge < -0.3 is 0 Å². The summed E-state index contributed by atoms with van der Waals surface area (Å²) in [6.45, 7) is 3.93. The van der Waals surface area contributed by atoms with Crippen molar-refractivity contribution in [2.24, 2.45) is 4.99 Å². The van der Waals surface area contributed by atoms with Crippen molar-refractivity contribution in [2.45, 2.75) is 13.8 Å². The monoisotopic (exact) mass is 251 g/mol. The molecular weight excluding hydrogens is 238 g/mol. The minimum absolute atomic E-state index is 0.648. The molecule has 1 N–H and O–H groups in total. The third kappa shape index (κ3) is 2.10. The highest BCUT2D eigenvalue weighted by Gasteiger charge is 2.10. The molecule has 3 aromatic rings. The first-order valence-electron chi connectivity index (χ1n) is 6.03. The highest BCUT2D eigenvalue weighted by Crippen LogP contribution is 2.25. The molecule has 0 unspecified atom stereocenters. The lowest BCUT2D eigenvalue weighted by Crippen LogP contribution is -1.91. The molecule has 5 heteroatoms. The van der Waals surface area contributed by atoms with E-state index in [1.807, 2.05) is 44.2 Å². The molecule has 19 heavy (non-hydrogen) atoms. The predicted molar refractivity (Wildman–Crippen MR) is 74.9 cm³/mol. The topological polar surface area (TPSA) is 66.8 Å². The van der Waals surface area contributed by atoms with Crippen LogP contribution in [0, 0.1) is 13.8 Å². The molecule has 0 saturated carbocycles. The molecule has 2 heterocycles. The summed E-state index contributed by atoms with van der Waals surface area (Å²) in [6, 6.07) is 9.92. The van der Waals surface area contributed by atoms with Crippen LogP contribution in [0.15, 0.2) is 35.3 Å². The molecule has 5 nitrogen and oxygen atoms in total. The van der Waals surface area contributed by atoms with E-state index in [9.17, 15) is 0 Å². The number of nitrogens with zero attached hydrogens (tertiary/aromatic N) is 4. The van der Waals surface area contributed by atoms with Gasteiger partial charge in [0.25, 0.3) is 0 Å². The van der Waals surface area contributed by atoms with E-state index >= 15 is 0 Å². The third-order valence-corrected chi connectivity index (χ3v) is 3.08. The van der Waals surface area contributed by atoms with Crippen LogP contribution in [0.2, 0.25) is 0 Å². The van der Waals surface area contributed by atoms with Gasteiger partial charge in [-0.15, -0.1) is 5.10 Å². The number of hydrogen-bond acceptors (Lipinski definition) is 4. The van der Waals surface area contributed by atoms with E-state index < -0.39 is 0 Å². The molecule has 94 valence electrons. The molecule has 0 radical (unpaired) electrons. The highest BCUT2D eigenvalue weighted by atomic mass is 15.2. The van der Waals surface area contributed by atoms with E-state index in [-0.39, 0.29) is 0 Å². The molecule has 0 aliphatic carbocycles. The molecule has 2 aromatic heterocycles. The van der Waals surface area contributed by atoms with Crippen LogP contribution in [0.5, 0.6) is 0 Å². The van der Waals surface area contributed by atoms with E-state index in [0.29, 0.717) is 11.5 Å². The van der Waals surface area contributed by atoms with Gasteiger partial charge >= 0.3 is 0 Å². The van der Waals surface area contributed by atoms with Gasteiger partial charge in [-0.05, 0) is 25.0 Å². The Bertz CT molecular complexity index is 743.